The summed E-state index contributed by atoms with van der Waals surface area (Å²) in [6.07, 6.45) is 5.80. The first kappa shape index (κ1) is 21.9. The van der Waals surface area contributed by atoms with Crippen LogP contribution in [0, 0.1) is 11.8 Å². The Morgan fingerprint density at radius 1 is 1.06 bits per heavy atom. The number of aromatic nitrogens is 1. The summed E-state index contributed by atoms with van der Waals surface area (Å²) >= 11 is 0. The summed E-state index contributed by atoms with van der Waals surface area (Å²) in [6.45, 7) is 0.785. The molecular weight excluding hydrogens is 442 g/mol. The minimum absolute atomic E-state index is 0.0622. The molecule has 35 heavy (non-hydrogen) atoms. The summed E-state index contributed by atoms with van der Waals surface area (Å²) in [5, 5.41) is 0.874. The van der Waals surface area contributed by atoms with E-state index in [4.69, 9.17) is 9.47 Å². The molecule has 0 radical (unpaired) electrons. The first-order valence-corrected chi connectivity index (χ1v) is 12.4. The second-order valence-corrected chi connectivity index (χ2v) is 9.73. The van der Waals surface area contributed by atoms with Gasteiger partial charge in [0.1, 0.15) is 18.4 Å². The van der Waals surface area contributed by atoms with Crippen molar-refractivity contribution >= 4 is 28.6 Å². The topological polar surface area (TPSA) is 72.0 Å². The SMILES string of the molecule is COc1ccc(N2C(=O)[C@@H]3[C@H]2[C@H]2CCCC[C@H]2CN3C(=O)OCc2ccccc2)c2ncccc12. The van der Waals surface area contributed by atoms with E-state index in [9.17, 15) is 9.59 Å². The van der Waals surface area contributed by atoms with Crippen LogP contribution in [0.2, 0.25) is 0 Å². The molecule has 3 aromatic rings. The normalized spacial score (nSPS) is 25.5. The molecule has 7 nitrogen and oxygen atoms in total. The van der Waals surface area contributed by atoms with Gasteiger partial charge in [-0.05, 0) is 54.5 Å². The van der Waals surface area contributed by atoms with Crippen LogP contribution in [0.1, 0.15) is 31.2 Å². The molecule has 0 spiro atoms. The minimum Gasteiger partial charge on any atom is -0.496 e. The van der Waals surface area contributed by atoms with Crippen LogP contribution in [-0.4, -0.2) is 47.6 Å². The fraction of sp³-hybridized carbons (Fsp3) is 0.393. The van der Waals surface area contributed by atoms with Gasteiger partial charge in [0.05, 0.1) is 24.4 Å². The van der Waals surface area contributed by atoms with Gasteiger partial charge in [0, 0.05) is 18.1 Å². The number of hydrogen-bond acceptors (Lipinski definition) is 5. The van der Waals surface area contributed by atoms with E-state index in [-0.39, 0.29) is 18.6 Å². The number of amides is 2. The smallest absolute Gasteiger partial charge is 0.410 e. The van der Waals surface area contributed by atoms with Crippen molar-refractivity contribution in [3.05, 3.63) is 66.4 Å². The van der Waals surface area contributed by atoms with E-state index in [0.717, 1.165) is 53.6 Å². The van der Waals surface area contributed by atoms with Crippen molar-refractivity contribution in [3.63, 3.8) is 0 Å². The number of benzene rings is 2. The van der Waals surface area contributed by atoms with Gasteiger partial charge in [0.15, 0.2) is 0 Å². The number of fused-ring (bicyclic) bond motifs is 4. The van der Waals surface area contributed by atoms with Gasteiger partial charge in [-0.25, -0.2) is 4.79 Å². The van der Waals surface area contributed by atoms with Crippen LogP contribution in [0.4, 0.5) is 10.5 Å². The van der Waals surface area contributed by atoms with E-state index >= 15 is 0 Å². The number of carbonyl (C=O) groups is 2. The van der Waals surface area contributed by atoms with E-state index in [1.165, 1.54) is 0 Å². The highest BCUT2D eigenvalue weighted by molar-refractivity contribution is 6.12. The van der Waals surface area contributed by atoms with Gasteiger partial charge in [-0.2, -0.15) is 0 Å². The lowest BCUT2D eigenvalue weighted by Gasteiger charge is -2.60. The van der Waals surface area contributed by atoms with Gasteiger partial charge in [-0.15, -0.1) is 0 Å². The van der Waals surface area contributed by atoms with E-state index in [1.807, 2.05) is 59.5 Å². The molecule has 0 bridgehead atoms. The Balaban J connectivity index is 1.32. The lowest BCUT2D eigenvalue weighted by Crippen LogP contribution is -2.78. The van der Waals surface area contributed by atoms with Crippen LogP contribution < -0.4 is 9.64 Å². The Morgan fingerprint density at radius 2 is 1.89 bits per heavy atom. The number of methoxy groups -OCH3 is 1. The number of likely N-dealkylation sites (tertiary alicyclic amines) is 1. The van der Waals surface area contributed by atoms with E-state index in [1.54, 1.807) is 18.2 Å². The second kappa shape index (κ2) is 8.87. The van der Waals surface area contributed by atoms with Crippen LogP contribution >= 0.6 is 0 Å². The number of piperidine rings is 1. The first-order valence-electron chi connectivity index (χ1n) is 12.4. The summed E-state index contributed by atoms with van der Waals surface area (Å²) in [5.74, 6) is 1.40. The zero-order chi connectivity index (χ0) is 23.9. The Labute approximate surface area is 204 Å². The molecule has 6 rings (SSSR count). The minimum atomic E-state index is -0.488. The van der Waals surface area contributed by atoms with Gasteiger partial charge in [-0.1, -0.05) is 43.2 Å². The molecule has 2 saturated heterocycles. The molecule has 3 fully saturated rings. The van der Waals surface area contributed by atoms with Crippen LogP contribution in [0.5, 0.6) is 5.75 Å². The molecule has 4 atom stereocenters. The number of pyridine rings is 1. The number of ether oxygens (including phenoxy) is 2. The fourth-order valence-corrected chi connectivity index (χ4v) is 6.29. The lowest BCUT2D eigenvalue weighted by molar-refractivity contribution is -0.139. The molecular formula is C28H29N3O4. The van der Waals surface area contributed by atoms with E-state index in [2.05, 4.69) is 4.98 Å². The van der Waals surface area contributed by atoms with Crippen molar-refractivity contribution in [2.75, 3.05) is 18.6 Å². The molecule has 180 valence electrons. The lowest BCUT2D eigenvalue weighted by atomic mass is 9.66. The predicted molar refractivity (Wildman–Crippen MR) is 132 cm³/mol. The summed E-state index contributed by atoms with van der Waals surface area (Å²) in [5.41, 5.74) is 2.47. The quantitative estimate of drug-likeness (QED) is 0.512. The van der Waals surface area contributed by atoms with Crippen molar-refractivity contribution in [2.24, 2.45) is 11.8 Å². The van der Waals surface area contributed by atoms with Crippen molar-refractivity contribution in [1.82, 2.24) is 9.88 Å². The average Bonchev–Trinajstić information content (AvgIpc) is 2.91. The first-order chi connectivity index (χ1) is 17.2. The highest BCUT2D eigenvalue weighted by Gasteiger charge is 2.61. The highest BCUT2D eigenvalue weighted by atomic mass is 16.6. The summed E-state index contributed by atoms with van der Waals surface area (Å²) in [4.78, 5) is 35.1. The molecule has 3 aliphatic rings. The summed E-state index contributed by atoms with van der Waals surface area (Å²) in [6, 6.07) is 16.7. The zero-order valence-corrected chi connectivity index (χ0v) is 19.8. The van der Waals surface area contributed by atoms with E-state index < -0.39 is 12.1 Å². The highest BCUT2D eigenvalue weighted by Crippen LogP contribution is 2.49. The molecule has 3 heterocycles. The number of rotatable bonds is 4. The predicted octanol–water partition coefficient (Wildman–Crippen LogP) is 4.79. The third kappa shape index (κ3) is 3.61. The van der Waals surface area contributed by atoms with E-state index in [0.29, 0.717) is 18.4 Å². The van der Waals surface area contributed by atoms with Crippen molar-refractivity contribution in [1.29, 1.82) is 0 Å². The van der Waals surface area contributed by atoms with Gasteiger partial charge < -0.3 is 14.4 Å². The van der Waals surface area contributed by atoms with Gasteiger partial charge in [0.2, 0.25) is 0 Å². The maximum Gasteiger partial charge on any atom is 0.410 e. The third-order valence-electron chi connectivity index (χ3n) is 7.91. The van der Waals surface area contributed by atoms with Crippen molar-refractivity contribution in [2.45, 2.75) is 44.4 Å². The molecule has 2 aliphatic heterocycles. The molecule has 7 heteroatoms. The number of anilines is 1. The molecule has 1 aromatic heterocycles. The molecule has 0 unspecified atom stereocenters. The third-order valence-corrected chi connectivity index (χ3v) is 7.91. The van der Waals surface area contributed by atoms with Gasteiger partial charge in [-0.3, -0.25) is 14.7 Å². The number of β-lactam (4-membered cyclic amide) rings is 1. The maximum atomic E-state index is 13.7. The summed E-state index contributed by atoms with van der Waals surface area (Å²) < 4.78 is 11.2. The average molecular weight is 472 g/mol. The molecule has 2 amide bonds. The maximum absolute atomic E-state index is 13.7. The summed E-state index contributed by atoms with van der Waals surface area (Å²) in [7, 11) is 1.64. The number of carbonyl (C=O) groups excluding carboxylic acids is 2. The Kier molecular flexibility index (Phi) is 5.55. The van der Waals surface area contributed by atoms with Gasteiger partial charge >= 0.3 is 6.09 Å². The zero-order valence-electron chi connectivity index (χ0n) is 19.8. The van der Waals surface area contributed by atoms with Crippen LogP contribution in [0.25, 0.3) is 10.9 Å². The Hall–Kier alpha value is -3.61. The fourth-order valence-electron chi connectivity index (χ4n) is 6.29. The monoisotopic (exact) mass is 471 g/mol. The van der Waals surface area contributed by atoms with Crippen LogP contribution in [0.15, 0.2) is 60.8 Å². The van der Waals surface area contributed by atoms with Crippen molar-refractivity contribution < 1.29 is 19.1 Å². The molecule has 0 N–H and O–H groups in total. The second-order valence-electron chi connectivity index (χ2n) is 9.73. The molecule has 1 saturated carbocycles. The number of nitrogens with zero attached hydrogens (tertiary/aromatic N) is 3. The van der Waals surface area contributed by atoms with Gasteiger partial charge in [0.25, 0.3) is 5.91 Å². The Bertz CT molecular complexity index is 1260. The largest absolute Gasteiger partial charge is 0.496 e. The van der Waals surface area contributed by atoms with Crippen LogP contribution in [-0.2, 0) is 16.1 Å². The van der Waals surface area contributed by atoms with Crippen LogP contribution in [0.3, 0.4) is 0 Å². The Morgan fingerprint density at radius 3 is 2.71 bits per heavy atom. The number of hydrogen-bond donors (Lipinski definition) is 0. The molecule has 1 aliphatic carbocycles. The van der Waals surface area contributed by atoms with Crippen molar-refractivity contribution in [3.8, 4) is 5.75 Å². The standard InChI is InChI=1S/C28H29N3O4/c1-34-23-14-13-22(24-21(23)12-7-15-29-24)31-25-20-11-6-5-10-19(20)16-30(26(25)27(31)32)28(33)35-17-18-8-3-2-4-9-18/h2-4,7-9,12-15,19-20,25-26H,5-6,10-11,16-17H2,1H3/t19-,20-,25+,26-/m0/s1. The molecule has 2 aromatic carbocycles.